The maximum Gasteiger partial charge on any atom is 0.164 e. The Labute approximate surface area is 261 Å². The second-order valence-electron chi connectivity index (χ2n) is 10.8. The summed E-state index contributed by atoms with van der Waals surface area (Å²) in [6.07, 6.45) is 0. The zero-order valence-electron chi connectivity index (χ0n) is 24.3. The molecule has 0 aliphatic heterocycles. The predicted molar refractivity (Wildman–Crippen MR) is 182 cm³/mol. The van der Waals surface area contributed by atoms with Crippen molar-refractivity contribution in [1.29, 1.82) is 0 Å². The van der Waals surface area contributed by atoms with E-state index in [2.05, 4.69) is 66.7 Å². The molecular weight excluding hydrogens is 550 g/mol. The highest BCUT2D eigenvalue weighted by Gasteiger charge is 2.17. The van der Waals surface area contributed by atoms with Crippen LogP contribution in [0.25, 0.3) is 73.1 Å². The predicted octanol–water partition coefficient (Wildman–Crippen LogP) is 9.55. The van der Waals surface area contributed by atoms with Gasteiger partial charge in [-0.25, -0.2) is 19.6 Å². The molecule has 0 radical (unpaired) electrons. The molecule has 0 saturated carbocycles. The molecule has 212 valence electrons. The highest BCUT2D eigenvalue weighted by Crippen LogP contribution is 2.35. The molecular formula is C40H27N5. The van der Waals surface area contributed by atoms with Gasteiger partial charge in [-0.2, -0.15) is 5.10 Å². The summed E-state index contributed by atoms with van der Waals surface area (Å²) in [4.78, 5) is 14.8. The molecule has 6 aromatic carbocycles. The van der Waals surface area contributed by atoms with Gasteiger partial charge in [0.15, 0.2) is 17.5 Å². The van der Waals surface area contributed by atoms with E-state index in [1.165, 1.54) is 5.56 Å². The number of rotatable bonds is 6. The highest BCUT2D eigenvalue weighted by atomic mass is 15.3. The van der Waals surface area contributed by atoms with Crippen LogP contribution in [0.5, 0.6) is 0 Å². The smallest absolute Gasteiger partial charge is 0.164 e. The second-order valence-corrected chi connectivity index (χ2v) is 10.8. The molecule has 2 aromatic heterocycles. The summed E-state index contributed by atoms with van der Waals surface area (Å²) in [6, 6.07) is 55.7. The lowest BCUT2D eigenvalue weighted by Crippen LogP contribution is -2.00. The van der Waals surface area contributed by atoms with Crippen molar-refractivity contribution >= 4 is 10.9 Å². The molecule has 0 amide bonds. The molecule has 0 fully saturated rings. The molecule has 0 spiro atoms. The Morgan fingerprint density at radius 3 is 1.44 bits per heavy atom. The van der Waals surface area contributed by atoms with Crippen molar-refractivity contribution in [3.05, 3.63) is 164 Å². The number of hydrogen-bond acceptors (Lipinski definition) is 4. The van der Waals surface area contributed by atoms with Crippen LogP contribution in [0.2, 0.25) is 0 Å². The topological polar surface area (TPSA) is 56.5 Å². The van der Waals surface area contributed by atoms with E-state index in [9.17, 15) is 0 Å². The third kappa shape index (κ3) is 5.17. The molecule has 5 heteroatoms. The SMILES string of the molecule is c1ccc(-c2ccc3c(c2)c(-c2cccc(-c4nc(-c5ccccc5)nc(-c5ccccc5)n4)c2)nn3-c2ccccc2)cc1. The van der Waals surface area contributed by atoms with Crippen LogP contribution in [0.1, 0.15) is 0 Å². The molecule has 45 heavy (non-hydrogen) atoms. The zero-order valence-corrected chi connectivity index (χ0v) is 24.3. The van der Waals surface area contributed by atoms with Crippen molar-refractivity contribution in [3.63, 3.8) is 0 Å². The Hall–Kier alpha value is -6.20. The van der Waals surface area contributed by atoms with E-state index in [-0.39, 0.29) is 0 Å². The summed E-state index contributed by atoms with van der Waals surface area (Å²) < 4.78 is 2.02. The number of para-hydroxylation sites is 1. The van der Waals surface area contributed by atoms with Crippen LogP contribution in [-0.4, -0.2) is 24.7 Å². The van der Waals surface area contributed by atoms with Crippen LogP contribution in [0, 0.1) is 0 Å². The van der Waals surface area contributed by atoms with Gasteiger partial charge in [0.25, 0.3) is 0 Å². The lowest BCUT2D eigenvalue weighted by atomic mass is 10.00. The Bertz CT molecular complexity index is 2190. The Kier molecular flexibility index (Phi) is 6.74. The first-order valence-corrected chi connectivity index (χ1v) is 14.9. The largest absolute Gasteiger partial charge is 0.232 e. The van der Waals surface area contributed by atoms with E-state index in [0.717, 1.165) is 50.1 Å². The summed E-state index contributed by atoms with van der Waals surface area (Å²) in [5.74, 6) is 1.88. The molecule has 0 saturated heterocycles. The van der Waals surface area contributed by atoms with Crippen LogP contribution in [-0.2, 0) is 0 Å². The lowest BCUT2D eigenvalue weighted by molar-refractivity contribution is 0.915. The number of nitrogens with zero attached hydrogens (tertiary/aromatic N) is 5. The molecule has 2 heterocycles. The van der Waals surface area contributed by atoms with E-state index in [4.69, 9.17) is 20.1 Å². The van der Waals surface area contributed by atoms with E-state index < -0.39 is 0 Å². The van der Waals surface area contributed by atoms with Gasteiger partial charge in [-0.1, -0.05) is 133 Å². The van der Waals surface area contributed by atoms with Crippen LogP contribution >= 0.6 is 0 Å². The minimum Gasteiger partial charge on any atom is -0.232 e. The van der Waals surface area contributed by atoms with Gasteiger partial charge in [0, 0.05) is 27.6 Å². The van der Waals surface area contributed by atoms with Gasteiger partial charge in [-0.05, 0) is 41.5 Å². The molecule has 0 atom stereocenters. The standard InChI is InChI=1S/C40H27N5/c1-5-14-28(15-6-1)31-24-25-36-35(27-31)37(44-45(36)34-22-11-4-12-23-34)32-20-13-21-33(26-32)40-42-38(29-16-7-2-8-17-29)41-39(43-40)30-18-9-3-10-19-30/h1-27H. The van der Waals surface area contributed by atoms with Crippen LogP contribution < -0.4 is 0 Å². The summed E-state index contributed by atoms with van der Waals surface area (Å²) in [5.41, 5.74) is 9.02. The van der Waals surface area contributed by atoms with Gasteiger partial charge >= 0.3 is 0 Å². The summed E-state index contributed by atoms with van der Waals surface area (Å²) in [5, 5.41) is 6.27. The Morgan fingerprint density at radius 1 is 0.356 bits per heavy atom. The van der Waals surface area contributed by atoms with Gasteiger partial charge in [0.2, 0.25) is 0 Å². The van der Waals surface area contributed by atoms with Crippen LogP contribution in [0.15, 0.2) is 164 Å². The molecule has 5 nitrogen and oxygen atoms in total. The van der Waals surface area contributed by atoms with Crippen molar-refractivity contribution in [1.82, 2.24) is 24.7 Å². The van der Waals surface area contributed by atoms with E-state index in [0.29, 0.717) is 17.5 Å². The van der Waals surface area contributed by atoms with Crippen molar-refractivity contribution in [3.8, 4) is 62.2 Å². The fourth-order valence-corrected chi connectivity index (χ4v) is 5.65. The first-order chi connectivity index (χ1) is 22.3. The fourth-order valence-electron chi connectivity index (χ4n) is 5.65. The third-order valence-electron chi connectivity index (χ3n) is 7.88. The van der Waals surface area contributed by atoms with Crippen LogP contribution in [0.3, 0.4) is 0 Å². The fraction of sp³-hybridized carbons (Fsp3) is 0. The number of benzene rings is 6. The molecule has 8 rings (SSSR count). The molecule has 0 aliphatic rings. The molecule has 0 unspecified atom stereocenters. The maximum atomic E-state index is 5.19. The van der Waals surface area contributed by atoms with Gasteiger partial charge in [-0.15, -0.1) is 0 Å². The van der Waals surface area contributed by atoms with E-state index >= 15 is 0 Å². The lowest BCUT2D eigenvalue weighted by Gasteiger charge is -2.09. The Balaban J connectivity index is 1.30. The normalized spacial score (nSPS) is 11.1. The van der Waals surface area contributed by atoms with Gasteiger partial charge in [0.1, 0.15) is 5.69 Å². The van der Waals surface area contributed by atoms with Crippen molar-refractivity contribution < 1.29 is 0 Å². The summed E-state index contributed by atoms with van der Waals surface area (Å²) in [7, 11) is 0. The van der Waals surface area contributed by atoms with Gasteiger partial charge in [0.05, 0.1) is 11.2 Å². The van der Waals surface area contributed by atoms with Crippen molar-refractivity contribution in [2.75, 3.05) is 0 Å². The summed E-state index contributed by atoms with van der Waals surface area (Å²) in [6.45, 7) is 0. The zero-order chi connectivity index (χ0) is 30.0. The van der Waals surface area contributed by atoms with Crippen molar-refractivity contribution in [2.45, 2.75) is 0 Å². The van der Waals surface area contributed by atoms with Gasteiger partial charge < -0.3 is 0 Å². The average Bonchev–Trinajstić information content (AvgIpc) is 3.52. The summed E-state index contributed by atoms with van der Waals surface area (Å²) >= 11 is 0. The quantitative estimate of drug-likeness (QED) is 0.197. The second kappa shape index (κ2) is 11.5. The first-order valence-electron chi connectivity index (χ1n) is 14.9. The van der Waals surface area contributed by atoms with Crippen molar-refractivity contribution in [2.24, 2.45) is 0 Å². The number of fused-ring (bicyclic) bond motifs is 1. The molecule has 0 bridgehead atoms. The van der Waals surface area contributed by atoms with Gasteiger partial charge in [-0.3, -0.25) is 0 Å². The van der Waals surface area contributed by atoms with E-state index in [1.54, 1.807) is 0 Å². The third-order valence-corrected chi connectivity index (χ3v) is 7.88. The molecule has 8 aromatic rings. The highest BCUT2D eigenvalue weighted by molar-refractivity contribution is 5.97. The van der Waals surface area contributed by atoms with Crippen LogP contribution in [0.4, 0.5) is 0 Å². The average molecular weight is 578 g/mol. The molecule has 0 N–H and O–H groups in total. The molecule has 0 aliphatic carbocycles. The maximum absolute atomic E-state index is 5.19. The minimum atomic E-state index is 0.612. The monoisotopic (exact) mass is 577 g/mol. The number of aromatic nitrogens is 5. The first kappa shape index (κ1) is 26.4. The number of hydrogen-bond donors (Lipinski definition) is 0. The Morgan fingerprint density at radius 2 is 0.844 bits per heavy atom. The van der Waals surface area contributed by atoms with E-state index in [1.807, 2.05) is 102 Å². The minimum absolute atomic E-state index is 0.612.